The Kier molecular flexibility index (Phi) is 4.96. The van der Waals surface area contributed by atoms with Crippen LogP contribution >= 0.6 is 23.2 Å². The smallest absolute Gasteiger partial charge is 0.254 e. The van der Waals surface area contributed by atoms with Crippen molar-refractivity contribution in [2.24, 2.45) is 0 Å². The summed E-state index contributed by atoms with van der Waals surface area (Å²) in [6.45, 7) is 2.60. The van der Waals surface area contributed by atoms with Crippen molar-refractivity contribution >= 4 is 40.7 Å². The van der Waals surface area contributed by atoms with Gasteiger partial charge in [0.2, 0.25) is 5.91 Å². The average molecular weight is 330 g/mol. The predicted octanol–water partition coefficient (Wildman–Crippen LogP) is 2.32. The van der Waals surface area contributed by atoms with Gasteiger partial charge < -0.3 is 16.0 Å². The summed E-state index contributed by atoms with van der Waals surface area (Å²) in [5.41, 5.74) is 6.34. The predicted molar refractivity (Wildman–Crippen MR) is 83.6 cm³/mol. The number of carbonyl (C=O) groups is 2. The van der Waals surface area contributed by atoms with Crippen LogP contribution in [0, 0.1) is 0 Å². The van der Waals surface area contributed by atoms with Gasteiger partial charge in [-0.3, -0.25) is 9.59 Å². The van der Waals surface area contributed by atoms with Gasteiger partial charge in [-0.2, -0.15) is 0 Å². The van der Waals surface area contributed by atoms with E-state index in [2.05, 4.69) is 5.32 Å². The van der Waals surface area contributed by atoms with E-state index in [4.69, 9.17) is 28.9 Å². The fraction of sp³-hybridized carbons (Fsp3) is 0.429. The van der Waals surface area contributed by atoms with Crippen molar-refractivity contribution in [3.05, 3.63) is 27.7 Å². The van der Waals surface area contributed by atoms with Crippen molar-refractivity contribution in [1.82, 2.24) is 10.2 Å². The van der Waals surface area contributed by atoms with Gasteiger partial charge in [0, 0.05) is 31.6 Å². The first-order valence-electron chi connectivity index (χ1n) is 6.69. The summed E-state index contributed by atoms with van der Waals surface area (Å²) in [4.78, 5) is 25.3. The number of nitrogen functional groups attached to an aromatic ring is 1. The van der Waals surface area contributed by atoms with Gasteiger partial charge in [0.05, 0.1) is 15.7 Å². The summed E-state index contributed by atoms with van der Waals surface area (Å²) >= 11 is 11.9. The third kappa shape index (κ3) is 3.80. The van der Waals surface area contributed by atoms with Crippen molar-refractivity contribution in [2.75, 3.05) is 18.8 Å². The van der Waals surface area contributed by atoms with Gasteiger partial charge in [-0.25, -0.2) is 0 Å². The van der Waals surface area contributed by atoms with Crippen LogP contribution in [-0.2, 0) is 4.79 Å². The topological polar surface area (TPSA) is 75.4 Å². The molecular weight excluding hydrogens is 313 g/mol. The molecule has 2 amide bonds. The van der Waals surface area contributed by atoms with Crippen LogP contribution in [0.5, 0.6) is 0 Å². The molecule has 1 atom stereocenters. The molecule has 0 saturated carbocycles. The highest BCUT2D eigenvalue weighted by Crippen LogP contribution is 2.29. The van der Waals surface area contributed by atoms with E-state index < -0.39 is 0 Å². The molecule has 1 heterocycles. The Hall–Kier alpha value is -1.46. The normalized spacial score (nSPS) is 18.4. The summed E-state index contributed by atoms with van der Waals surface area (Å²) in [5, 5.41) is 3.38. The van der Waals surface area contributed by atoms with Crippen molar-refractivity contribution in [3.8, 4) is 0 Å². The summed E-state index contributed by atoms with van der Waals surface area (Å²) in [7, 11) is 0. The number of nitrogens with one attached hydrogen (secondary N) is 1. The number of nitrogens with zero attached hydrogens (tertiary/aromatic N) is 1. The quantitative estimate of drug-likeness (QED) is 0.817. The number of anilines is 1. The number of piperidine rings is 1. The molecule has 1 saturated heterocycles. The molecular formula is C14H17Cl2N3O2. The van der Waals surface area contributed by atoms with E-state index in [-0.39, 0.29) is 33.6 Å². The molecule has 114 valence electrons. The Morgan fingerprint density at radius 2 is 1.95 bits per heavy atom. The molecule has 3 N–H and O–H groups in total. The highest BCUT2D eigenvalue weighted by atomic mass is 35.5. The first kappa shape index (κ1) is 15.9. The zero-order valence-corrected chi connectivity index (χ0v) is 13.2. The van der Waals surface area contributed by atoms with Gasteiger partial charge >= 0.3 is 0 Å². The van der Waals surface area contributed by atoms with Crippen LogP contribution in [0.4, 0.5) is 5.69 Å². The summed E-state index contributed by atoms with van der Waals surface area (Å²) in [6.07, 6.45) is 1.71. The lowest BCUT2D eigenvalue weighted by atomic mass is 10.0. The molecule has 1 unspecified atom stereocenters. The second kappa shape index (κ2) is 6.54. The molecule has 0 radical (unpaired) electrons. The Balaban J connectivity index is 2.14. The van der Waals surface area contributed by atoms with Gasteiger partial charge in [-0.1, -0.05) is 23.2 Å². The molecule has 0 spiro atoms. The van der Waals surface area contributed by atoms with E-state index in [9.17, 15) is 9.59 Å². The maximum absolute atomic E-state index is 12.5. The van der Waals surface area contributed by atoms with Gasteiger partial charge in [-0.15, -0.1) is 0 Å². The number of hydrogen-bond acceptors (Lipinski definition) is 3. The highest BCUT2D eigenvalue weighted by Gasteiger charge is 2.25. The van der Waals surface area contributed by atoms with Crippen LogP contribution in [0.15, 0.2) is 12.1 Å². The fourth-order valence-electron chi connectivity index (χ4n) is 2.46. The second-order valence-electron chi connectivity index (χ2n) is 5.14. The first-order valence-corrected chi connectivity index (χ1v) is 7.45. The third-order valence-electron chi connectivity index (χ3n) is 3.44. The monoisotopic (exact) mass is 329 g/mol. The van der Waals surface area contributed by atoms with Crippen LogP contribution in [0.3, 0.4) is 0 Å². The number of likely N-dealkylation sites (tertiary alicyclic amines) is 1. The largest absolute Gasteiger partial charge is 0.396 e. The summed E-state index contributed by atoms with van der Waals surface area (Å²) < 4.78 is 0. The zero-order valence-electron chi connectivity index (χ0n) is 11.7. The maximum atomic E-state index is 12.5. The highest BCUT2D eigenvalue weighted by molar-refractivity contribution is 6.39. The van der Waals surface area contributed by atoms with E-state index in [1.54, 1.807) is 4.90 Å². The van der Waals surface area contributed by atoms with Crippen LogP contribution < -0.4 is 11.1 Å². The summed E-state index contributed by atoms with van der Waals surface area (Å²) in [5.74, 6) is -0.248. The molecule has 21 heavy (non-hydrogen) atoms. The standard InChI is InChI=1S/C14H17Cl2N3O2/c1-8(20)18-10-3-2-4-19(7-10)14(21)9-5-11(15)13(17)12(16)6-9/h5-6,10H,2-4,7,17H2,1H3,(H,18,20). The lowest BCUT2D eigenvalue weighted by Gasteiger charge is -2.33. The number of benzene rings is 1. The zero-order chi connectivity index (χ0) is 15.6. The van der Waals surface area contributed by atoms with Crippen molar-refractivity contribution in [3.63, 3.8) is 0 Å². The minimum Gasteiger partial charge on any atom is -0.396 e. The molecule has 1 aromatic carbocycles. The fourth-order valence-corrected chi connectivity index (χ4v) is 2.94. The minimum absolute atomic E-state index is 0.0140. The number of nitrogens with two attached hydrogens (primary N) is 1. The molecule has 1 fully saturated rings. The van der Waals surface area contributed by atoms with Crippen LogP contribution in [0.25, 0.3) is 0 Å². The molecule has 1 aliphatic rings. The number of hydrogen-bond donors (Lipinski definition) is 2. The van der Waals surface area contributed by atoms with E-state index >= 15 is 0 Å². The van der Waals surface area contributed by atoms with Gasteiger partial charge in [0.1, 0.15) is 0 Å². The van der Waals surface area contributed by atoms with E-state index in [1.807, 2.05) is 0 Å². The molecule has 1 aliphatic heterocycles. The Morgan fingerprint density at radius 3 is 2.52 bits per heavy atom. The van der Waals surface area contributed by atoms with Crippen molar-refractivity contribution in [2.45, 2.75) is 25.8 Å². The van der Waals surface area contributed by atoms with Crippen molar-refractivity contribution < 1.29 is 9.59 Å². The Labute approximate surface area is 133 Å². The SMILES string of the molecule is CC(=O)NC1CCCN(C(=O)c2cc(Cl)c(N)c(Cl)c2)C1. The van der Waals surface area contributed by atoms with Gasteiger partial charge in [-0.05, 0) is 25.0 Å². The molecule has 7 heteroatoms. The lowest BCUT2D eigenvalue weighted by molar-refractivity contribution is -0.120. The molecule has 5 nitrogen and oxygen atoms in total. The Morgan fingerprint density at radius 1 is 1.33 bits per heavy atom. The maximum Gasteiger partial charge on any atom is 0.254 e. The third-order valence-corrected chi connectivity index (χ3v) is 4.07. The molecule has 1 aromatic rings. The molecule has 2 rings (SSSR count). The number of amides is 2. The van der Waals surface area contributed by atoms with Crippen molar-refractivity contribution in [1.29, 1.82) is 0 Å². The number of carbonyl (C=O) groups excluding carboxylic acids is 2. The van der Waals surface area contributed by atoms with E-state index in [0.29, 0.717) is 18.7 Å². The van der Waals surface area contributed by atoms with Gasteiger partial charge in [0.25, 0.3) is 5.91 Å². The summed E-state index contributed by atoms with van der Waals surface area (Å²) in [6, 6.07) is 3.03. The Bertz CT molecular complexity index is 554. The van der Waals surface area contributed by atoms with E-state index in [0.717, 1.165) is 12.8 Å². The molecule has 0 aromatic heterocycles. The molecule has 0 bridgehead atoms. The minimum atomic E-state index is -0.158. The number of rotatable bonds is 2. The average Bonchev–Trinajstić information content (AvgIpc) is 2.43. The second-order valence-corrected chi connectivity index (χ2v) is 5.96. The van der Waals surface area contributed by atoms with Crippen LogP contribution in [-0.4, -0.2) is 35.8 Å². The number of halogens is 2. The molecule has 0 aliphatic carbocycles. The van der Waals surface area contributed by atoms with Crippen LogP contribution in [0.1, 0.15) is 30.1 Å². The van der Waals surface area contributed by atoms with Gasteiger partial charge in [0.15, 0.2) is 0 Å². The lowest BCUT2D eigenvalue weighted by Crippen LogP contribution is -2.49. The van der Waals surface area contributed by atoms with Crippen LogP contribution in [0.2, 0.25) is 10.0 Å². The first-order chi connectivity index (χ1) is 9.88. The van der Waals surface area contributed by atoms with E-state index in [1.165, 1.54) is 19.1 Å².